The number of carbonyl (C=O) groups excluding carboxylic acids is 2. The van der Waals surface area contributed by atoms with Crippen LogP contribution in [-0.4, -0.2) is 34.9 Å². The van der Waals surface area contributed by atoms with Gasteiger partial charge in [0, 0.05) is 24.3 Å². The Kier molecular flexibility index (Phi) is 6.39. The van der Waals surface area contributed by atoms with Crippen LogP contribution in [0.3, 0.4) is 0 Å². The van der Waals surface area contributed by atoms with Gasteiger partial charge in [-0.3, -0.25) is 9.59 Å². The number of carbonyl (C=O) groups is 2. The number of nitrogens with zero attached hydrogens (tertiary/aromatic N) is 1. The van der Waals surface area contributed by atoms with Gasteiger partial charge in [-0.05, 0) is 55.7 Å². The molecule has 26 heavy (non-hydrogen) atoms. The largest absolute Gasteiger partial charge is 0.507 e. The minimum Gasteiger partial charge on any atom is -0.507 e. The lowest BCUT2D eigenvalue weighted by atomic mass is 10.0. The Bertz CT molecular complexity index is 796. The molecule has 0 aliphatic carbocycles. The molecule has 0 saturated carbocycles. The van der Waals surface area contributed by atoms with Crippen LogP contribution in [0.4, 0.5) is 5.69 Å². The Hall–Kier alpha value is -2.82. The fraction of sp³-hybridized carbons (Fsp3) is 0.333. The second-order valence-electron chi connectivity index (χ2n) is 6.44. The summed E-state index contributed by atoms with van der Waals surface area (Å²) in [5.74, 6) is -0.273. The molecule has 0 spiro atoms. The lowest BCUT2D eigenvalue weighted by Gasteiger charge is -2.19. The number of anilines is 1. The van der Waals surface area contributed by atoms with Crippen LogP contribution >= 0.6 is 0 Å². The van der Waals surface area contributed by atoms with Crippen LogP contribution in [0.5, 0.6) is 5.75 Å². The molecule has 0 aliphatic heterocycles. The van der Waals surface area contributed by atoms with Gasteiger partial charge in [-0.1, -0.05) is 26.0 Å². The highest BCUT2D eigenvalue weighted by atomic mass is 16.3. The summed E-state index contributed by atoms with van der Waals surface area (Å²) in [5.41, 5.74) is 2.20. The van der Waals surface area contributed by atoms with Crippen LogP contribution in [-0.2, 0) is 0 Å². The predicted octanol–water partition coefficient (Wildman–Crippen LogP) is 4.25. The highest BCUT2D eigenvalue weighted by molar-refractivity contribution is 6.06. The number of benzene rings is 2. The molecular formula is C21H26N2O3. The van der Waals surface area contributed by atoms with E-state index in [9.17, 15) is 14.7 Å². The van der Waals surface area contributed by atoms with Gasteiger partial charge in [-0.25, -0.2) is 0 Å². The summed E-state index contributed by atoms with van der Waals surface area (Å²) in [5, 5.41) is 12.9. The smallest absolute Gasteiger partial charge is 0.259 e. The molecule has 2 amide bonds. The first-order chi connectivity index (χ1) is 12.4. The number of hydrogen-bond acceptors (Lipinski definition) is 3. The molecule has 0 atom stereocenters. The molecule has 138 valence electrons. The summed E-state index contributed by atoms with van der Waals surface area (Å²) in [6.07, 6.45) is 0. The lowest BCUT2D eigenvalue weighted by Crippen LogP contribution is -2.30. The summed E-state index contributed by atoms with van der Waals surface area (Å²) in [6.45, 7) is 9.15. The van der Waals surface area contributed by atoms with E-state index in [1.165, 1.54) is 0 Å². The van der Waals surface area contributed by atoms with Crippen LogP contribution in [0.25, 0.3) is 0 Å². The van der Waals surface area contributed by atoms with E-state index in [0.717, 1.165) is 5.56 Å². The van der Waals surface area contributed by atoms with E-state index in [1.807, 2.05) is 33.8 Å². The van der Waals surface area contributed by atoms with Crippen molar-refractivity contribution in [3.63, 3.8) is 0 Å². The van der Waals surface area contributed by atoms with Crippen molar-refractivity contribution in [1.29, 1.82) is 0 Å². The average molecular weight is 354 g/mol. The number of hydrogen-bond donors (Lipinski definition) is 2. The van der Waals surface area contributed by atoms with Gasteiger partial charge >= 0.3 is 0 Å². The van der Waals surface area contributed by atoms with Gasteiger partial charge < -0.3 is 15.3 Å². The molecule has 2 aromatic rings. The van der Waals surface area contributed by atoms with E-state index in [1.54, 1.807) is 41.3 Å². The first kappa shape index (κ1) is 19.5. The van der Waals surface area contributed by atoms with Crippen molar-refractivity contribution in [1.82, 2.24) is 4.90 Å². The number of phenolic OH excluding ortho intramolecular Hbond substituents is 1. The zero-order valence-electron chi connectivity index (χ0n) is 15.7. The molecule has 0 aliphatic rings. The molecule has 2 N–H and O–H groups in total. The van der Waals surface area contributed by atoms with Crippen molar-refractivity contribution in [2.75, 3.05) is 18.4 Å². The van der Waals surface area contributed by atoms with Crippen LogP contribution in [0.1, 0.15) is 59.9 Å². The zero-order chi connectivity index (χ0) is 19.3. The Balaban J connectivity index is 2.20. The average Bonchev–Trinajstić information content (AvgIpc) is 2.62. The molecule has 0 unspecified atom stereocenters. The minimum atomic E-state index is -0.412. The van der Waals surface area contributed by atoms with E-state index in [4.69, 9.17) is 0 Å². The molecule has 2 rings (SSSR count). The van der Waals surface area contributed by atoms with Crippen LogP contribution in [0, 0.1) is 0 Å². The van der Waals surface area contributed by atoms with Crippen LogP contribution < -0.4 is 5.32 Å². The molecule has 0 aromatic heterocycles. The predicted molar refractivity (Wildman–Crippen MR) is 104 cm³/mol. The number of phenols is 1. The summed E-state index contributed by atoms with van der Waals surface area (Å²) < 4.78 is 0. The Morgan fingerprint density at radius 1 is 1.08 bits per heavy atom. The van der Waals surface area contributed by atoms with E-state index in [2.05, 4.69) is 5.32 Å². The highest BCUT2D eigenvalue weighted by Gasteiger charge is 2.15. The topological polar surface area (TPSA) is 69.6 Å². The van der Waals surface area contributed by atoms with Crippen LogP contribution in [0.15, 0.2) is 42.5 Å². The normalized spacial score (nSPS) is 10.7. The van der Waals surface area contributed by atoms with Gasteiger partial charge in [0.1, 0.15) is 5.75 Å². The number of aromatic hydroxyl groups is 1. The van der Waals surface area contributed by atoms with Crippen molar-refractivity contribution in [3.05, 3.63) is 59.2 Å². The first-order valence-electron chi connectivity index (χ1n) is 8.90. The van der Waals surface area contributed by atoms with E-state index >= 15 is 0 Å². The molecule has 5 heteroatoms. The van der Waals surface area contributed by atoms with Crippen molar-refractivity contribution in [3.8, 4) is 5.75 Å². The number of rotatable bonds is 6. The standard InChI is InChI=1S/C21H26N2O3/c1-5-23(6-2)21(26)16-8-7-9-17(12-16)22-20(25)18-11-10-15(14(3)4)13-19(18)24/h7-14,24H,5-6H2,1-4H3,(H,22,25). The number of amides is 2. The zero-order valence-corrected chi connectivity index (χ0v) is 15.7. The second kappa shape index (κ2) is 8.52. The van der Waals surface area contributed by atoms with Crippen molar-refractivity contribution < 1.29 is 14.7 Å². The summed E-state index contributed by atoms with van der Waals surface area (Å²) in [6, 6.07) is 11.9. The third-order valence-corrected chi connectivity index (χ3v) is 4.35. The molecule has 5 nitrogen and oxygen atoms in total. The monoisotopic (exact) mass is 354 g/mol. The van der Waals surface area contributed by atoms with Crippen molar-refractivity contribution in [2.24, 2.45) is 0 Å². The van der Waals surface area contributed by atoms with Gasteiger partial charge in [0.15, 0.2) is 0 Å². The first-order valence-corrected chi connectivity index (χ1v) is 8.90. The van der Waals surface area contributed by atoms with Crippen molar-refractivity contribution >= 4 is 17.5 Å². The summed E-state index contributed by atoms with van der Waals surface area (Å²) >= 11 is 0. The van der Waals surface area contributed by atoms with E-state index in [0.29, 0.717) is 24.3 Å². The SMILES string of the molecule is CCN(CC)C(=O)c1cccc(NC(=O)c2ccc(C(C)C)cc2O)c1. The fourth-order valence-corrected chi connectivity index (χ4v) is 2.72. The van der Waals surface area contributed by atoms with E-state index in [-0.39, 0.29) is 23.1 Å². The highest BCUT2D eigenvalue weighted by Crippen LogP contribution is 2.24. The lowest BCUT2D eigenvalue weighted by molar-refractivity contribution is 0.0772. The molecule has 0 fully saturated rings. The molecule has 0 saturated heterocycles. The molecule has 0 radical (unpaired) electrons. The van der Waals surface area contributed by atoms with Gasteiger partial charge in [-0.2, -0.15) is 0 Å². The third kappa shape index (κ3) is 4.42. The Morgan fingerprint density at radius 3 is 2.35 bits per heavy atom. The number of nitrogens with one attached hydrogen (secondary N) is 1. The van der Waals surface area contributed by atoms with Gasteiger partial charge in [0.25, 0.3) is 11.8 Å². The fourth-order valence-electron chi connectivity index (χ4n) is 2.72. The Labute approximate surface area is 154 Å². The maximum Gasteiger partial charge on any atom is 0.259 e. The summed E-state index contributed by atoms with van der Waals surface area (Å²) in [4.78, 5) is 26.6. The van der Waals surface area contributed by atoms with Gasteiger partial charge in [0.05, 0.1) is 5.56 Å². The van der Waals surface area contributed by atoms with Crippen molar-refractivity contribution in [2.45, 2.75) is 33.6 Å². The summed E-state index contributed by atoms with van der Waals surface area (Å²) in [7, 11) is 0. The maximum absolute atomic E-state index is 12.5. The van der Waals surface area contributed by atoms with Gasteiger partial charge in [0.2, 0.25) is 0 Å². The molecular weight excluding hydrogens is 328 g/mol. The van der Waals surface area contributed by atoms with Gasteiger partial charge in [-0.15, -0.1) is 0 Å². The third-order valence-electron chi connectivity index (χ3n) is 4.35. The molecule has 0 heterocycles. The van der Waals surface area contributed by atoms with E-state index < -0.39 is 5.91 Å². The molecule has 0 bridgehead atoms. The quantitative estimate of drug-likeness (QED) is 0.815. The van der Waals surface area contributed by atoms with Crippen LogP contribution in [0.2, 0.25) is 0 Å². The minimum absolute atomic E-state index is 0.0518. The Morgan fingerprint density at radius 2 is 1.77 bits per heavy atom. The second-order valence-corrected chi connectivity index (χ2v) is 6.44. The molecule has 2 aromatic carbocycles. The maximum atomic E-state index is 12.5.